The highest BCUT2D eigenvalue weighted by Gasteiger charge is 2.21. The maximum Gasteiger partial charge on any atom is 0.234 e. The van der Waals surface area contributed by atoms with Crippen LogP contribution in [0.5, 0.6) is 0 Å². The molecule has 1 saturated heterocycles. The van der Waals surface area contributed by atoms with Crippen molar-refractivity contribution in [3.8, 4) is 0 Å². The first-order valence-electron chi connectivity index (χ1n) is 8.90. The van der Waals surface area contributed by atoms with Crippen molar-refractivity contribution in [2.24, 2.45) is 0 Å². The highest BCUT2D eigenvalue weighted by atomic mass is 16.5. The van der Waals surface area contributed by atoms with Gasteiger partial charge in [-0.2, -0.15) is 5.10 Å². The summed E-state index contributed by atoms with van der Waals surface area (Å²) in [7, 11) is 1.80. The van der Waals surface area contributed by atoms with E-state index >= 15 is 0 Å². The van der Waals surface area contributed by atoms with Crippen LogP contribution in [0, 0.1) is 0 Å². The van der Waals surface area contributed by atoms with E-state index in [2.05, 4.69) is 41.2 Å². The summed E-state index contributed by atoms with van der Waals surface area (Å²) in [5.41, 5.74) is 2.12. The monoisotopic (exact) mass is 342 g/mol. The molecule has 3 rings (SSSR count). The van der Waals surface area contributed by atoms with Gasteiger partial charge in [-0.05, 0) is 36.5 Å². The fraction of sp³-hybridized carbons (Fsp3) is 0.526. The van der Waals surface area contributed by atoms with E-state index < -0.39 is 0 Å². The fourth-order valence-electron chi connectivity index (χ4n) is 3.03. The first-order valence-corrected chi connectivity index (χ1v) is 8.90. The van der Waals surface area contributed by atoms with Gasteiger partial charge in [-0.3, -0.25) is 9.89 Å². The number of rotatable bonds is 5. The lowest BCUT2D eigenvalue weighted by Gasteiger charge is -2.19. The highest BCUT2D eigenvalue weighted by molar-refractivity contribution is 5.93. The summed E-state index contributed by atoms with van der Waals surface area (Å²) >= 11 is 0. The molecule has 1 aliphatic heterocycles. The number of nitrogens with zero attached hydrogens (tertiary/aromatic N) is 3. The van der Waals surface area contributed by atoms with Gasteiger partial charge in [0.25, 0.3) is 0 Å². The maximum absolute atomic E-state index is 12.6. The first kappa shape index (κ1) is 17.6. The molecule has 0 aliphatic carbocycles. The van der Waals surface area contributed by atoms with Gasteiger partial charge in [0.15, 0.2) is 5.82 Å². The van der Waals surface area contributed by atoms with E-state index in [0.29, 0.717) is 17.7 Å². The van der Waals surface area contributed by atoms with Crippen LogP contribution in [0.4, 0.5) is 5.69 Å². The number of ether oxygens (including phenoxy) is 1. The van der Waals surface area contributed by atoms with E-state index in [1.807, 2.05) is 12.1 Å². The molecule has 0 saturated carbocycles. The summed E-state index contributed by atoms with van der Waals surface area (Å²) in [6.45, 7) is 5.80. The molecule has 1 aliphatic rings. The lowest BCUT2D eigenvalue weighted by Crippen LogP contribution is -2.28. The molecule has 0 radical (unpaired) electrons. The zero-order valence-electron chi connectivity index (χ0n) is 15.2. The molecular formula is C19H26N4O2. The summed E-state index contributed by atoms with van der Waals surface area (Å²) < 4.78 is 5.37. The Kier molecular flexibility index (Phi) is 5.48. The van der Waals surface area contributed by atoms with Gasteiger partial charge in [-0.15, -0.1) is 0 Å². The Balaban J connectivity index is 1.65. The zero-order chi connectivity index (χ0) is 17.8. The SMILES string of the molecule is CC(C)c1cccc(N(C)C(=O)Cc2nc(C3CCOCC3)n[nH]2)c1. The topological polar surface area (TPSA) is 71.1 Å². The third-order valence-corrected chi connectivity index (χ3v) is 4.75. The van der Waals surface area contributed by atoms with Crippen LogP contribution in [0.25, 0.3) is 0 Å². The number of carbonyl (C=O) groups is 1. The van der Waals surface area contributed by atoms with Crippen molar-refractivity contribution in [3.05, 3.63) is 41.5 Å². The highest BCUT2D eigenvalue weighted by Crippen LogP contribution is 2.24. The Morgan fingerprint density at radius 1 is 1.36 bits per heavy atom. The van der Waals surface area contributed by atoms with Gasteiger partial charge in [0.05, 0.1) is 6.42 Å². The van der Waals surface area contributed by atoms with Crippen molar-refractivity contribution in [3.63, 3.8) is 0 Å². The third-order valence-electron chi connectivity index (χ3n) is 4.75. The summed E-state index contributed by atoms with van der Waals surface area (Å²) in [4.78, 5) is 18.8. The van der Waals surface area contributed by atoms with Crippen molar-refractivity contribution in [2.45, 2.75) is 44.9 Å². The molecule has 0 spiro atoms. The molecule has 2 heterocycles. The Morgan fingerprint density at radius 3 is 2.84 bits per heavy atom. The summed E-state index contributed by atoms with van der Waals surface area (Å²) in [6, 6.07) is 8.10. The quantitative estimate of drug-likeness (QED) is 0.907. The number of likely N-dealkylation sites (N-methyl/N-ethyl adjacent to an activating group) is 1. The van der Waals surface area contributed by atoms with Crippen LogP contribution in [0.1, 0.15) is 55.7 Å². The second kappa shape index (κ2) is 7.78. The molecular weight excluding hydrogens is 316 g/mol. The molecule has 134 valence electrons. The fourth-order valence-corrected chi connectivity index (χ4v) is 3.03. The van der Waals surface area contributed by atoms with Crippen LogP contribution in [-0.2, 0) is 16.0 Å². The predicted molar refractivity (Wildman–Crippen MR) is 96.8 cm³/mol. The minimum absolute atomic E-state index is 0.00409. The molecule has 6 nitrogen and oxygen atoms in total. The number of aromatic nitrogens is 3. The van der Waals surface area contributed by atoms with Crippen molar-refractivity contribution >= 4 is 11.6 Å². The Morgan fingerprint density at radius 2 is 2.12 bits per heavy atom. The van der Waals surface area contributed by atoms with Gasteiger partial charge in [0.2, 0.25) is 5.91 Å². The van der Waals surface area contributed by atoms with Gasteiger partial charge in [0.1, 0.15) is 5.82 Å². The molecule has 0 unspecified atom stereocenters. The van der Waals surface area contributed by atoms with Crippen LogP contribution in [0.2, 0.25) is 0 Å². The molecule has 2 aromatic rings. The molecule has 0 atom stereocenters. The van der Waals surface area contributed by atoms with Crippen LogP contribution >= 0.6 is 0 Å². The molecule has 1 N–H and O–H groups in total. The number of hydrogen-bond acceptors (Lipinski definition) is 4. The number of H-pyrrole nitrogens is 1. The van der Waals surface area contributed by atoms with Gasteiger partial charge in [-0.1, -0.05) is 26.0 Å². The molecule has 6 heteroatoms. The normalized spacial score (nSPS) is 15.5. The Bertz CT molecular complexity index is 720. The Hall–Kier alpha value is -2.21. The van der Waals surface area contributed by atoms with Crippen LogP contribution in [0.3, 0.4) is 0 Å². The van der Waals surface area contributed by atoms with Crippen molar-refractivity contribution < 1.29 is 9.53 Å². The molecule has 1 fully saturated rings. The van der Waals surface area contributed by atoms with E-state index in [9.17, 15) is 4.79 Å². The van der Waals surface area contributed by atoms with E-state index in [1.54, 1.807) is 11.9 Å². The van der Waals surface area contributed by atoms with Crippen LogP contribution < -0.4 is 4.90 Å². The Labute approximate surface area is 148 Å². The lowest BCUT2D eigenvalue weighted by molar-refractivity contribution is -0.117. The van der Waals surface area contributed by atoms with E-state index in [4.69, 9.17) is 4.74 Å². The predicted octanol–water partition coefficient (Wildman–Crippen LogP) is 3.03. The minimum Gasteiger partial charge on any atom is -0.381 e. The minimum atomic E-state index is -0.00409. The standard InChI is InChI=1S/C19H26N4O2/c1-13(2)15-5-4-6-16(11-15)23(3)18(24)12-17-20-19(22-21-17)14-7-9-25-10-8-14/h4-6,11,13-14H,7-10,12H2,1-3H3,(H,20,21,22). The number of anilines is 1. The largest absolute Gasteiger partial charge is 0.381 e. The third kappa shape index (κ3) is 4.25. The average molecular weight is 342 g/mol. The number of hydrogen-bond donors (Lipinski definition) is 1. The lowest BCUT2D eigenvalue weighted by atomic mass is 10.00. The molecule has 1 aromatic carbocycles. The van der Waals surface area contributed by atoms with Gasteiger partial charge < -0.3 is 9.64 Å². The first-order chi connectivity index (χ1) is 12.0. The number of nitrogens with one attached hydrogen (secondary N) is 1. The number of carbonyl (C=O) groups excluding carboxylic acids is 1. The number of benzene rings is 1. The summed E-state index contributed by atoms with van der Waals surface area (Å²) in [5.74, 6) is 2.18. The van der Waals surface area contributed by atoms with Crippen molar-refractivity contribution in [2.75, 3.05) is 25.2 Å². The second-order valence-electron chi connectivity index (χ2n) is 6.91. The van der Waals surface area contributed by atoms with Gasteiger partial charge >= 0.3 is 0 Å². The zero-order valence-corrected chi connectivity index (χ0v) is 15.2. The van der Waals surface area contributed by atoms with E-state index in [-0.39, 0.29) is 12.3 Å². The van der Waals surface area contributed by atoms with Crippen molar-refractivity contribution in [1.29, 1.82) is 0 Å². The summed E-state index contributed by atoms with van der Waals surface area (Å²) in [5, 5.41) is 7.22. The van der Waals surface area contributed by atoms with Crippen LogP contribution in [0.15, 0.2) is 24.3 Å². The molecule has 25 heavy (non-hydrogen) atoms. The average Bonchev–Trinajstić information content (AvgIpc) is 3.10. The van der Waals surface area contributed by atoms with E-state index in [0.717, 1.165) is 37.6 Å². The molecule has 1 aromatic heterocycles. The smallest absolute Gasteiger partial charge is 0.234 e. The number of aromatic amines is 1. The van der Waals surface area contributed by atoms with Crippen molar-refractivity contribution in [1.82, 2.24) is 15.2 Å². The maximum atomic E-state index is 12.6. The molecule has 1 amide bonds. The number of amides is 1. The van der Waals surface area contributed by atoms with Gasteiger partial charge in [-0.25, -0.2) is 4.98 Å². The molecule has 0 bridgehead atoms. The van der Waals surface area contributed by atoms with Gasteiger partial charge in [0, 0.05) is 31.9 Å². The van der Waals surface area contributed by atoms with E-state index in [1.165, 1.54) is 5.56 Å². The van der Waals surface area contributed by atoms with Crippen LogP contribution in [-0.4, -0.2) is 41.3 Å². The second-order valence-corrected chi connectivity index (χ2v) is 6.91. The summed E-state index contributed by atoms with van der Waals surface area (Å²) in [6.07, 6.45) is 2.10.